The van der Waals surface area contributed by atoms with Crippen LogP contribution in [0, 0.1) is 0 Å². The molecule has 4 heteroatoms. The second-order valence-electron chi connectivity index (χ2n) is 4.86. The molecule has 0 fully saturated rings. The Morgan fingerprint density at radius 2 is 1.63 bits per heavy atom. The maximum atomic E-state index is 5.11. The molecule has 0 bridgehead atoms. The molecule has 0 spiro atoms. The topological polar surface area (TPSA) is 37.2 Å². The van der Waals surface area contributed by atoms with Crippen LogP contribution in [0.5, 0.6) is 5.75 Å². The minimum atomic E-state index is 0.345. The Morgan fingerprint density at radius 3 is 2.11 bits per heavy atom. The fourth-order valence-electron chi connectivity index (χ4n) is 1.73. The molecule has 4 nitrogen and oxygen atoms in total. The zero-order chi connectivity index (χ0) is 14.3. The molecule has 0 aromatic heterocycles. The van der Waals surface area contributed by atoms with Crippen LogP contribution in [0.15, 0.2) is 40.8 Å². The Hall–Kier alpha value is -1.84. The summed E-state index contributed by atoms with van der Waals surface area (Å²) in [5, 5.41) is 10.3. The Balaban J connectivity index is 2.61. The van der Waals surface area contributed by atoms with E-state index in [4.69, 9.17) is 4.74 Å². The van der Waals surface area contributed by atoms with Crippen LogP contribution in [0.25, 0.3) is 6.08 Å². The minimum absolute atomic E-state index is 0.345. The van der Waals surface area contributed by atoms with Gasteiger partial charge in [-0.2, -0.15) is 0 Å². The molecular weight excluding hydrogens is 238 g/mol. The number of ether oxygens (including phenoxy) is 1. The third kappa shape index (κ3) is 5.12. The molecule has 0 aliphatic carbocycles. The molecule has 1 rings (SSSR count). The van der Waals surface area contributed by atoms with E-state index in [0.717, 1.165) is 11.3 Å². The number of hydrogen-bond acceptors (Lipinski definition) is 3. The maximum absolute atomic E-state index is 5.11. The van der Waals surface area contributed by atoms with E-state index in [-0.39, 0.29) is 0 Å². The van der Waals surface area contributed by atoms with Crippen LogP contribution < -0.4 is 4.74 Å². The molecule has 0 saturated carbocycles. The average Bonchev–Trinajstić information content (AvgIpc) is 2.38. The predicted octanol–water partition coefficient (Wildman–Crippen LogP) is 4.15. The molecule has 0 aliphatic rings. The van der Waals surface area contributed by atoms with Gasteiger partial charge in [-0.15, -0.1) is 5.11 Å². The number of rotatable bonds is 6. The predicted molar refractivity (Wildman–Crippen MR) is 79.0 cm³/mol. The van der Waals surface area contributed by atoms with E-state index in [2.05, 4.69) is 38.0 Å². The second-order valence-corrected chi connectivity index (χ2v) is 4.86. The summed E-state index contributed by atoms with van der Waals surface area (Å²) in [6.45, 7) is 8.41. The summed E-state index contributed by atoms with van der Waals surface area (Å²) in [6, 6.07) is 8.49. The van der Waals surface area contributed by atoms with Crippen molar-refractivity contribution in [3.05, 3.63) is 36.0 Å². The van der Waals surface area contributed by atoms with Gasteiger partial charge in [0.05, 0.1) is 13.3 Å². The van der Waals surface area contributed by atoms with Gasteiger partial charge in [0, 0.05) is 12.1 Å². The molecule has 0 unspecified atom stereocenters. The van der Waals surface area contributed by atoms with E-state index in [1.165, 1.54) is 0 Å². The minimum Gasteiger partial charge on any atom is -0.497 e. The maximum Gasteiger partial charge on any atom is 0.118 e. The Morgan fingerprint density at radius 1 is 1.05 bits per heavy atom. The zero-order valence-corrected chi connectivity index (χ0v) is 12.4. The van der Waals surface area contributed by atoms with Crippen LogP contribution in [0.1, 0.15) is 33.3 Å². The molecule has 0 atom stereocenters. The van der Waals surface area contributed by atoms with Crippen LogP contribution in [0.4, 0.5) is 0 Å². The quantitative estimate of drug-likeness (QED) is 0.569. The highest BCUT2D eigenvalue weighted by Gasteiger charge is 2.09. The van der Waals surface area contributed by atoms with Crippen LogP contribution >= 0.6 is 0 Å². The van der Waals surface area contributed by atoms with Crippen LogP contribution in [-0.2, 0) is 0 Å². The van der Waals surface area contributed by atoms with Crippen molar-refractivity contribution in [1.29, 1.82) is 0 Å². The summed E-state index contributed by atoms with van der Waals surface area (Å²) in [7, 11) is 1.66. The lowest BCUT2D eigenvalue weighted by Crippen LogP contribution is -2.31. The molecule has 0 amide bonds. The standard InChI is InChI=1S/C15H23N3O/c1-12(2)18(13(3)4)17-16-11-10-14-6-8-15(19-5)9-7-14/h6-13H,1-5H3/b11-10-,17-16+. The average molecular weight is 261 g/mol. The van der Waals surface area contributed by atoms with Crippen molar-refractivity contribution in [2.45, 2.75) is 39.8 Å². The molecule has 0 saturated heterocycles. The molecule has 0 aliphatic heterocycles. The Labute approximate surface area is 115 Å². The van der Waals surface area contributed by atoms with Gasteiger partial charge in [0.1, 0.15) is 5.75 Å². The van der Waals surface area contributed by atoms with Crippen LogP contribution in [-0.4, -0.2) is 24.2 Å². The first-order chi connectivity index (χ1) is 9.04. The lowest BCUT2D eigenvalue weighted by molar-refractivity contribution is 0.169. The number of hydrogen-bond donors (Lipinski definition) is 0. The zero-order valence-electron chi connectivity index (χ0n) is 12.4. The van der Waals surface area contributed by atoms with Crippen molar-refractivity contribution in [2.24, 2.45) is 10.3 Å². The van der Waals surface area contributed by atoms with Gasteiger partial charge in [0.25, 0.3) is 0 Å². The molecule has 0 N–H and O–H groups in total. The van der Waals surface area contributed by atoms with Crippen molar-refractivity contribution in [3.8, 4) is 5.75 Å². The first-order valence-corrected chi connectivity index (χ1v) is 6.54. The summed E-state index contributed by atoms with van der Waals surface area (Å²) in [4.78, 5) is 0. The van der Waals surface area contributed by atoms with E-state index < -0.39 is 0 Å². The lowest BCUT2D eigenvalue weighted by atomic mass is 10.2. The highest BCUT2D eigenvalue weighted by atomic mass is 16.5. The van der Waals surface area contributed by atoms with Crippen LogP contribution in [0.3, 0.4) is 0 Å². The summed E-state index contributed by atoms with van der Waals surface area (Å²) < 4.78 is 5.11. The third-order valence-electron chi connectivity index (χ3n) is 2.66. The normalized spacial score (nSPS) is 11.9. The van der Waals surface area contributed by atoms with E-state index in [1.807, 2.05) is 35.4 Å². The molecule has 1 aromatic rings. The largest absolute Gasteiger partial charge is 0.497 e. The van der Waals surface area contributed by atoms with Crippen molar-refractivity contribution >= 4 is 6.08 Å². The molecule has 0 heterocycles. The van der Waals surface area contributed by atoms with E-state index in [1.54, 1.807) is 13.3 Å². The Bertz CT molecular complexity index is 414. The van der Waals surface area contributed by atoms with Gasteiger partial charge in [0.15, 0.2) is 0 Å². The molecule has 104 valence electrons. The van der Waals surface area contributed by atoms with Gasteiger partial charge >= 0.3 is 0 Å². The Kier molecular flexibility index (Phi) is 6.06. The smallest absolute Gasteiger partial charge is 0.118 e. The third-order valence-corrected chi connectivity index (χ3v) is 2.66. The van der Waals surface area contributed by atoms with Crippen molar-refractivity contribution in [1.82, 2.24) is 5.01 Å². The number of nitrogens with zero attached hydrogens (tertiary/aromatic N) is 3. The first-order valence-electron chi connectivity index (χ1n) is 6.54. The monoisotopic (exact) mass is 261 g/mol. The van der Waals surface area contributed by atoms with Crippen molar-refractivity contribution in [3.63, 3.8) is 0 Å². The van der Waals surface area contributed by atoms with Crippen molar-refractivity contribution < 1.29 is 4.74 Å². The van der Waals surface area contributed by atoms with Crippen LogP contribution in [0.2, 0.25) is 0 Å². The molecule has 1 aromatic carbocycles. The highest BCUT2D eigenvalue weighted by Crippen LogP contribution is 2.12. The highest BCUT2D eigenvalue weighted by molar-refractivity contribution is 5.50. The van der Waals surface area contributed by atoms with E-state index in [0.29, 0.717) is 12.1 Å². The fourth-order valence-corrected chi connectivity index (χ4v) is 1.73. The molecule has 0 radical (unpaired) electrons. The summed E-state index contributed by atoms with van der Waals surface area (Å²) in [5.74, 6) is 0.851. The first kappa shape index (κ1) is 15.2. The number of methoxy groups -OCH3 is 1. The second kappa shape index (κ2) is 7.56. The summed E-state index contributed by atoms with van der Waals surface area (Å²) in [6.07, 6.45) is 3.63. The number of benzene rings is 1. The lowest BCUT2D eigenvalue weighted by Gasteiger charge is -2.25. The van der Waals surface area contributed by atoms with E-state index in [9.17, 15) is 0 Å². The van der Waals surface area contributed by atoms with Gasteiger partial charge in [-0.3, -0.25) is 5.01 Å². The van der Waals surface area contributed by atoms with Gasteiger partial charge in [0.2, 0.25) is 0 Å². The molecule has 19 heavy (non-hydrogen) atoms. The van der Waals surface area contributed by atoms with Gasteiger partial charge < -0.3 is 4.74 Å². The summed E-state index contributed by atoms with van der Waals surface area (Å²) >= 11 is 0. The van der Waals surface area contributed by atoms with Crippen molar-refractivity contribution in [2.75, 3.05) is 7.11 Å². The molecular formula is C15H23N3O. The summed E-state index contributed by atoms with van der Waals surface area (Å²) in [5.41, 5.74) is 1.07. The fraction of sp³-hybridized carbons (Fsp3) is 0.467. The SMILES string of the molecule is COc1ccc(/C=C\N=N\N(C(C)C)C(C)C)cc1. The van der Waals surface area contributed by atoms with Gasteiger partial charge in [-0.1, -0.05) is 17.4 Å². The van der Waals surface area contributed by atoms with E-state index >= 15 is 0 Å². The van der Waals surface area contributed by atoms with Gasteiger partial charge in [-0.05, 0) is 51.5 Å². The van der Waals surface area contributed by atoms with Gasteiger partial charge in [-0.25, -0.2) is 0 Å².